The monoisotopic (exact) mass is 352 g/mol. The van der Waals surface area contributed by atoms with Crippen LogP contribution in [0, 0.1) is 5.92 Å². The van der Waals surface area contributed by atoms with Crippen LogP contribution < -0.4 is 10.6 Å². The molecule has 6 heteroatoms. The molecule has 1 saturated carbocycles. The average molecular weight is 353 g/mol. The van der Waals surface area contributed by atoms with E-state index >= 15 is 0 Å². The highest BCUT2D eigenvalue weighted by molar-refractivity contribution is 5.80. The van der Waals surface area contributed by atoms with Crippen molar-refractivity contribution in [3.05, 3.63) is 0 Å². The molecule has 0 amide bonds. The number of nitrogens with zero attached hydrogens (tertiary/aromatic N) is 2. The van der Waals surface area contributed by atoms with Crippen LogP contribution in [0.2, 0.25) is 0 Å². The number of ether oxygens (including phenoxy) is 2. The number of likely N-dealkylation sites (tertiary alicyclic amines) is 1. The predicted molar refractivity (Wildman–Crippen MR) is 101 cm³/mol. The standard InChI is InChI=1S/C19H36N4O2/c1-3-20-19(21-8-4-9-24-13-16-7-10-25-14-16)22-17-11-15(2)23(12-17)18-5-6-18/h15-18H,3-14H2,1-2H3,(H2,20,21,22). The van der Waals surface area contributed by atoms with E-state index in [0.717, 1.165) is 70.9 Å². The molecule has 2 aliphatic heterocycles. The van der Waals surface area contributed by atoms with Crippen molar-refractivity contribution in [1.82, 2.24) is 15.5 Å². The maximum Gasteiger partial charge on any atom is 0.191 e. The third-order valence-electron chi connectivity index (χ3n) is 5.42. The Bertz CT molecular complexity index is 422. The SMILES string of the molecule is CCNC(=NCCCOCC1CCOC1)NC1CC(C)N(C2CC2)C1. The molecule has 0 aromatic rings. The summed E-state index contributed by atoms with van der Waals surface area (Å²) >= 11 is 0. The Hall–Kier alpha value is -0.850. The largest absolute Gasteiger partial charge is 0.381 e. The van der Waals surface area contributed by atoms with Gasteiger partial charge in [0.2, 0.25) is 0 Å². The molecule has 2 heterocycles. The first-order valence-electron chi connectivity index (χ1n) is 10.2. The quantitative estimate of drug-likeness (QED) is 0.375. The van der Waals surface area contributed by atoms with Crippen LogP contribution >= 0.6 is 0 Å². The number of nitrogens with one attached hydrogen (secondary N) is 2. The molecule has 3 aliphatic rings. The lowest BCUT2D eigenvalue weighted by atomic mass is 10.1. The Labute approximate surface area is 152 Å². The van der Waals surface area contributed by atoms with Crippen LogP contribution in [0.5, 0.6) is 0 Å². The molecular weight excluding hydrogens is 316 g/mol. The van der Waals surface area contributed by atoms with Crippen LogP contribution in [0.15, 0.2) is 4.99 Å². The molecular formula is C19H36N4O2. The van der Waals surface area contributed by atoms with E-state index in [1.54, 1.807) is 0 Å². The first kappa shape index (κ1) is 18.9. The van der Waals surface area contributed by atoms with Gasteiger partial charge in [-0.2, -0.15) is 0 Å². The van der Waals surface area contributed by atoms with Gasteiger partial charge in [-0.1, -0.05) is 0 Å². The summed E-state index contributed by atoms with van der Waals surface area (Å²) in [6.07, 6.45) is 6.10. The summed E-state index contributed by atoms with van der Waals surface area (Å²) in [5.41, 5.74) is 0. The third kappa shape index (κ3) is 6.12. The summed E-state index contributed by atoms with van der Waals surface area (Å²) in [5, 5.41) is 7.02. The van der Waals surface area contributed by atoms with Gasteiger partial charge in [0.05, 0.1) is 13.2 Å². The molecule has 3 unspecified atom stereocenters. The maximum atomic E-state index is 5.76. The van der Waals surface area contributed by atoms with Gasteiger partial charge < -0.3 is 20.1 Å². The highest BCUT2D eigenvalue weighted by Crippen LogP contribution is 2.33. The summed E-state index contributed by atoms with van der Waals surface area (Å²) in [6.45, 7) is 10.7. The molecule has 2 saturated heterocycles. The van der Waals surface area contributed by atoms with Gasteiger partial charge in [-0.05, 0) is 46.0 Å². The summed E-state index contributed by atoms with van der Waals surface area (Å²) in [5.74, 6) is 1.56. The van der Waals surface area contributed by atoms with Gasteiger partial charge in [-0.15, -0.1) is 0 Å². The molecule has 6 nitrogen and oxygen atoms in total. The predicted octanol–water partition coefficient (Wildman–Crippen LogP) is 1.61. The molecule has 0 radical (unpaired) electrons. The van der Waals surface area contributed by atoms with Crippen molar-refractivity contribution in [2.75, 3.05) is 46.1 Å². The first-order valence-corrected chi connectivity index (χ1v) is 10.2. The summed E-state index contributed by atoms with van der Waals surface area (Å²) < 4.78 is 11.1. The van der Waals surface area contributed by atoms with Crippen LogP contribution in [0.1, 0.15) is 46.0 Å². The van der Waals surface area contributed by atoms with Gasteiger partial charge in [-0.25, -0.2) is 0 Å². The van der Waals surface area contributed by atoms with Gasteiger partial charge in [0.25, 0.3) is 0 Å². The lowest BCUT2D eigenvalue weighted by molar-refractivity contribution is 0.0893. The van der Waals surface area contributed by atoms with Gasteiger partial charge in [0.15, 0.2) is 5.96 Å². The second kappa shape index (κ2) is 9.74. The maximum absolute atomic E-state index is 5.76. The third-order valence-corrected chi connectivity index (χ3v) is 5.42. The van der Waals surface area contributed by atoms with E-state index in [2.05, 4.69) is 29.4 Å². The lowest BCUT2D eigenvalue weighted by Crippen LogP contribution is -2.44. The van der Waals surface area contributed by atoms with Crippen molar-refractivity contribution in [2.45, 2.75) is 64.1 Å². The number of hydrogen-bond acceptors (Lipinski definition) is 4. The zero-order chi connectivity index (χ0) is 17.5. The van der Waals surface area contributed by atoms with Gasteiger partial charge >= 0.3 is 0 Å². The van der Waals surface area contributed by atoms with E-state index < -0.39 is 0 Å². The summed E-state index contributed by atoms with van der Waals surface area (Å²) in [4.78, 5) is 7.40. The van der Waals surface area contributed by atoms with Crippen molar-refractivity contribution >= 4 is 5.96 Å². The lowest BCUT2D eigenvalue weighted by Gasteiger charge is -2.20. The van der Waals surface area contributed by atoms with Crippen LogP contribution in [0.25, 0.3) is 0 Å². The van der Waals surface area contributed by atoms with E-state index in [4.69, 9.17) is 14.5 Å². The van der Waals surface area contributed by atoms with Crippen molar-refractivity contribution < 1.29 is 9.47 Å². The minimum atomic E-state index is 0.520. The fraction of sp³-hybridized carbons (Fsp3) is 0.947. The summed E-state index contributed by atoms with van der Waals surface area (Å²) in [7, 11) is 0. The highest BCUT2D eigenvalue weighted by Gasteiger charge is 2.38. The topological polar surface area (TPSA) is 58.1 Å². The molecule has 0 bridgehead atoms. The van der Waals surface area contributed by atoms with Crippen molar-refractivity contribution in [3.63, 3.8) is 0 Å². The van der Waals surface area contributed by atoms with Gasteiger partial charge in [0.1, 0.15) is 0 Å². The van der Waals surface area contributed by atoms with Crippen molar-refractivity contribution in [2.24, 2.45) is 10.9 Å². The van der Waals surface area contributed by atoms with Gasteiger partial charge in [-0.3, -0.25) is 9.89 Å². The molecule has 3 rings (SSSR count). The Morgan fingerprint density at radius 3 is 2.92 bits per heavy atom. The second-order valence-corrected chi connectivity index (χ2v) is 7.77. The van der Waals surface area contributed by atoms with Gasteiger partial charge in [0, 0.05) is 56.9 Å². The number of rotatable bonds is 9. The molecule has 0 aromatic heterocycles. The fourth-order valence-corrected chi connectivity index (χ4v) is 3.91. The first-order chi connectivity index (χ1) is 12.3. The average Bonchev–Trinajstić information content (AvgIpc) is 3.18. The van der Waals surface area contributed by atoms with E-state index in [0.29, 0.717) is 18.0 Å². The molecule has 3 fully saturated rings. The zero-order valence-corrected chi connectivity index (χ0v) is 16.0. The molecule has 1 aliphatic carbocycles. The Kier molecular flexibility index (Phi) is 7.37. The van der Waals surface area contributed by atoms with E-state index in [9.17, 15) is 0 Å². The normalized spacial score (nSPS) is 30.8. The minimum absolute atomic E-state index is 0.520. The molecule has 144 valence electrons. The molecule has 3 atom stereocenters. The van der Waals surface area contributed by atoms with E-state index in [1.807, 2.05) is 0 Å². The highest BCUT2D eigenvalue weighted by atomic mass is 16.5. The van der Waals surface area contributed by atoms with Crippen LogP contribution in [-0.2, 0) is 9.47 Å². The van der Waals surface area contributed by atoms with Crippen molar-refractivity contribution in [3.8, 4) is 0 Å². The Balaban J connectivity index is 1.33. The Morgan fingerprint density at radius 1 is 1.32 bits per heavy atom. The number of aliphatic imine (C=N–C) groups is 1. The van der Waals surface area contributed by atoms with Crippen LogP contribution in [-0.4, -0.2) is 75.0 Å². The van der Waals surface area contributed by atoms with Crippen LogP contribution in [0.3, 0.4) is 0 Å². The van der Waals surface area contributed by atoms with Crippen molar-refractivity contribution in [1.29, 1.82) is 0 Å². The molecule has 0 spiro atoms. The second-order valence-electron chi connectivity index (χ2n) is 7.77. The fourth-order valence-electron chi connectivity index (χ4n) is 3.91. The zero-order valence-electron chi connectivity index (χ0n) is 16.0. The smallest absolute Gasteiger partial charge is 0.191 e. The number of hydrogen-bond donors (Lipinski definition) is 2. The van der Waals surface area contributed by atoms with Crippen LogP contribution in [0.4, 0.5) is 0 Å². The minimum Gasteiger partial charge on any atom is -0.381 e. The number of guanidine groups is 1. The van der Waals surface area contributed by atoms with E-state index in [1.165, 1.54) is 19.3 Å². The molecule has 25 heavy (non-hydrogen) atoms. The summed E-state index contributed by atoms with van der Waals surface area (Å²) in [6, 6.07) is 2.07. The molecule has 0 aromatic carbocycles. The Morgan fingerprint density at radius 2 is 2.20 bits per heavy atom. The van der Waals surface area contributed by atoms with E-state index in [-0.39, 0.29) is 0 Å². The molecule has 2 N–H and O–H groups in total.